The fourth-order valence-corrected chi connectivity index (χ4v) is 4.77. The van der Waals surface area contributed by atoms with Gasteiger partial charge in [0.1, 0.15) is 5.82 Å². The molecule has 0 bridgehead atoms. The van der Waals surface area contributed by atoms with Gasteiger partial charge in [0.05, 0.1) is 18.1 Å². The van der Waals surface area contributed by atoms with Gasteiger partial charge in [-0.25, -0.2) is 4.39 Å². The first-order valence-corrected chi connectivity index (χ1v) is 12.9. The van der Waals surface area contributed by atoms with Gasteiger partial charge >= 0.3 is 0 Å². The highest BCUT2D eigenvalue weighted by Gasteiger charge is 2.35. The van der Waals surface area contributed by atoms with Crippen LogP contribution in [0.15, 0.2) is 65.6 Å². The van der Waals surface area contributed by atoms with Crippen molar-refractivity contribution < 1.29 is 28.2 Å². The number of halogens is 3. The number of benzene rings is 3. The number of rotatable bonds is 9. The summed E-state index contributed by atoms with van der Waals surface area (Å²) in [6.07, 6.45) is 1.56. The minimum Gasteiger partial charge on any atom is -0.490 e. The first-order chi connectivity index (χ1) is 18.2. The molecule has 0 spiro atoms. The number of nitrogens with one attached hydrogen (secondary N) is 1. The van der Waals surface area contributed by atoms with E-state index in [4.69, 9.17) is 32.7 Å². The van der Waals surface area contributed by atoms with Crippen LogP contribution in [-0.4, -0.2) is 35.2 Å². The zero-order valence-corrected chi connectivity index (χ0v) is 22.3. The highest BCUT2D eigenvalue weighted by Crippen LogP contribution is 2.36. The maximum absolute atomic E-state index is 13.3. The zero-order valence-electron chi connectivity index (χ0n) is 20.0. The average molecular weight is 575 g/mol. The van der Waals surface area contributed by atoms with Gasteiger partial charge in [-0.15, -0.1) is 0 Å². The Morgan fingerprint density at radius 2 is 1.87 bits per heavy atom. The van der Waals surface area contributed by atoms with Crippen LogP contribution in [0, 0.1) is 5.82 Å². The molecular formula is C27H21Cl2FN2O5S. The molecule has 11 heteroatoms. The highest BCUT2D eigenvalue weighted by molar-refractivity contribution is 8.18. The van der Waals surface area contributed by atoms with E-state index in [2.05, 4.69) is 5.32 Å². The Morgan fingerprint density at radius 3 is 2.61 bits per heavy atom. The van der Waals surface area contributed by atoms with Gasteiger partial charge in [0.2, 0.25) is 0 Å². The molecule has 3 aromatic rings. The molecule has 0 unspecified atom stereocenters. The summed E-state index contributed by atoms with van der Waals surface area (Å²) in [6, 6.07) is 15.5. The number of imide groups is 1. The van der Waals surface area contributed by atoms with Crippen molar-refractivity contribution in [1.29, 1.82) is 0 Å². The lowest BCUT2D eigenvalue weighted by Gasteiger charge is -2.14. The lowest BCUT2D eigenvalue weighted by molar-refractivity contribution is -0.123. The van der Waals surface area contributed by atoms with Gasteiger partial charge in [-0.05, 0) is 78.4 Å². The lowest BCUT2D eigenvalue weighted by Crippen LogP contribution is -2.27. The SMILES string of the molecule is CCOc1cc(/C=C2/SC(=O)N(Cc3ccc(F)cc3Cl)C2=O)ccc1OCC(=O)Nc1cccc(Cl)c1. The van der Waals surface area contributed by atoms with E-state index in [1.807, 2.05) is 0 Å². The molecule has 7 nitrogen and oxygen atoms in total. The van der Waals surface area contributed by atoms with E-state index in [9.17, 15) is 18.8 Å². The number of ether oxygens (including phenoxy) is 2. The lowest BCUT2D eigenvalue weighted by atomic mass is 10.1. The Bertz CT molecular complexity index is 1430. The predicted octanol–water partition coefficient (Wildman–Crippen LogP) is 6.79. The molecule has 38 heavy (non-hydrogen) atoms. The van der Waals surface area contributed by atoms with E-state index < -0.39 is 17.0 Å². The summed E-state index contributed by atoms with van der Waals surface area (Å²) in [5.74, 6) is -0.671. The van der Waals surface area contributed by atoms with E-state index in [1.165, 1.54) is 12.1 Å². The molecule has 0 aromatic heterocycles. The summed E-state index contributed by atoms with van der Waals surface area (Å²) in [6.45, 7) is 1.80. The third-order valence-corrected chi connectivity index (χ3v) is 6.74. The smallest absolute Gasteiger partial charge is 0.293 e. The largest absolute Gasteiger partial charge is 0.490 e. The van der Waals surface area contributed by atoms with Crippen LogP contribution in [0.2, 0.25) is 10.0 Å². The molecule has 3 amide bonds. The van der Waals surface area contributed by atoms with E-state index >= 15 is 0 Å². The topological polar surface area (TPSA) is 84.9 Å². The molecule has 196 valence electrons. The quantitative estimate of drug-likeness (QED) is 0.283. The Labute approximate surface area is 232 Å². The van der Waals surface area contributed by atoms with E-state index in [1.54, 1.807) is 55.5 Å². The molecule has 1 N–H and O–H groups in total. The maximum atomic E-state index is 13.3. The fourth-order valence-electron chi connectivity index (χ4n) is 3.52. The molecule has 4 rings (SSSR count). The van der Waals surface area contributed by atoms with Crippen molar-refractivity contribution in [2.75, 3.05) is 18.5 Å². The molecule has 1 fully saturated rings. The van der Waals surface area contributed by atoms with Crippen molar-refractivity contribution in [3.63, 3.8) is 0 Å². The standard InChI is InChI=1S/C27H21Cl2FN2O5S/c1-2-36-23-10-16(6-9-22(23)37-15-25(33)31-20-5-3-4-18(28)12-20)11-24-26(34)32(27(35)38-24)14-17-7-8-19(30)13-21(17)29/h3-13H,2,14-15H2,1H3,(H,31,33)/b24-11+. The van der Waals surface area contributed by atoms with Crippen LogP contribution < -0.4 is 14.8 Å². The summed E-state index contributed by atoms with van der Waals surface area (Å²) >= 11 is 12.8. The van der Waals surface area contributed by atoms with Crippen molar-refractivity contribution in [1.82, 2.24) is 4.90 Å². The monoisotopic (exact) mass is 574 g/mol. The molecule has 0 saturated carbocycles. The Hall–Kier alpha value is -3.53. The van der Waals surface area contributed by atoms with Gasteiger partial charge in [0.15, 0.2) is 18.1 Å². The number of amides is 3. The minimum absolute atomic E-state index is 0.0741. The summed E-state index contributed by atoms with van der Waals surface area (Å²) in [7, 11) is 0. The Morgan fingerprint density at radius 1 is 1.05 bits per heavy atom. The van der Waals surface area contributed by atoms with Crippen LogP contribution in [0.5, 0.6) is 11.5 Å². The molecule has 0 radical (unpaired) electrons. The number of thioether (sulfide) groups is 1. The zero-order chi connectivity index (χ0) is 27.2. The molecule has 1 saturated heterocycles. The van der Waals surface area contributed by atoms with Gasteiger partial charge in [-0.1, -0.05) is 41.4 Å². The number of hydrogen-bond acceptors (Lipinski definition) is 6. The van der Waals surface area contributed by atoms with Crippen molar-refractivity contribution in [3.8, 4) is 11.5 Å². The second kappa shape index (κ2) is 12.3. The fraction of sp³-hybridized carbons (Fsp3) is 0.148. The van der Waals surface area contributed by atoms with Gasteiger partial charge in [-0.2, -0.15) is 0 Å². The van der Waals surface area contributed by atoms with Crippen molar-refractivity contribution >= 4 is 63.8 Å². The number of hydrogen-bond donors (Lipinski definition) is 1. The predicted molar refractivity (Wildman–Crippen MR) is 146 cm³/mol. The summed E-state index contributed by atoms with van der Waals surface area (Å²) < 4.78 is 24.7. The van der Waals surface area contributed by atoms with E-state index in [-0.39, 0.29) is 29.0 Å². The van der Waals surface area contributed by atoms with Gasteiger partial charge in [-0.3, -0.25) is 19.3 Å². The second-order valence-corrected chi connectivity index (χ2v) is 9.83. The molecule has 1 heterocycles. The van der Waals surface area contributed by atoms with Crippen LogP contribution in [0.1, 0.15) is 18.1 Å². The number of carbonyl (C=O) groups excluding carboxylic acids is 3. The van der Waals surface area contributed by atoms with Gasteiger partial charge in [0, 0.05) is 15.7 Å². The molecule has 3 aromatic carbocycles. The molecular weight excluding hydrogens is 554 g/mol. The Kier molecular flexibility index (Phi) is 8.93. The number of anilines is 1. The van der Waals surface area contributed by atoms with Crippen molar-refractivity contribution in [2.45, 2.75) is 13.5 Å². The maximum Gasteiger partial charge on any atom is 0.293 e. The minimum atomic E-state index is -0.507. The summed E-state index contributed by atoms with van der Waals surface area (Å²) in [5, 5.41) is 2.86. The third-order valence-electron chi connectivity index (χ3n) is 5.25. The second-order valence-electron chi connectivity index (χ2n) is 7.99. The number of carbonyl (C=O) groups is 3. The highest BCUT2D eigenvalue weighted by atomic mass is 35.5. The Balaban J connectivity index is 1.45. The summed E-state index contributed by atoms with van der Waals surface area (Å²) in [5.41, 5.74) is 1.59. The van der Waals surface area contributed by atoms with Crippen LogP contribution in [-0.2, 0) is 16.1 Å². The first kappa shape index (κ1) is 27.5. The molecule has 0 atom stereocenters. The van der Waals surface area contributed by atoms with Crippen LogP contribution in [0.4, 0.5) is 14.9 Å². The molecule has 0 aliphatic carbocycles. The molecule has 1 aliphatic heterocycles. The third kappa shape index (κ3) is 6.86. The van der Waals surface area contributed by atoms with Gasteiger partial charge < -0.3 is 14.8 Å². The van der Waals surface area contributed by atoms with Crippen LogP contribution in [0.25, 0.3) is 6.08 Å². The number of nitrogens with zero attached hydrogens (tertiary/aromatic N) is 1. The first-order valence-electron chi connectivity index (χ1n) is 11.4. The van der Waals surface area contributed by atoms with Crippen molar-refractivity contribution in [3.05, 3.63) is 92.6 Å². The summed E-state index contributed by atoms with van der Waals surface area (Å²) in [4.78, 5) is 39.0. The van der Waals surface area contributed by atoms with Crippen LogP contribution in [0.3, 0.4) is 0 Å². The van der Waals surface area contributed by atoms with E-state index in [0.29, 0.717) is 39.9 Å². The normalized spacial score (nSPS) is 14.2. The van der Waals surface area contributed by atoms with E-state index in [0.717, 1.165) is 22.7 Å². The average Bonchev–Trinajstić information content (AvgIpc) is 3.12. The van der Waals surface area contributed by atoms with Crippen LogP contribution >= 0.6 is 35.0 Å². The molecule has 1 aliphatic rings. The van der Waals surface area contributed by atoms with Crippen molar-refractivity contribution in [2.24, 2.45) is 0 Å². The van der Waals surface area contributed by atoms with Gasteiger partial charge in [0.25, 0.3) is 17.1 Å².